The van der Waals surface area contributed by atoms with Crippen LogP contribution in [0.1, 0.15) is 11.9 Å². The van der Waals surface area contributed by atoms with E-state index in [1.165, 1.54) is 0 Å². The van der Waals surface area contributed by atoms with Gasteiger partial charge in [-0.1, -0.05) is 24.3 Å². The minimum Gasteiger partial charge on any atom is -0.397 e. The summed E-state index contributed by atoms with van der Waals surface area (Å²) >= 11 is 0. The van der Waals surface area contributed by atoms with Crippen LogP contribution in [0.25, 0.3) is 17.1 Å². The first-order valence-corrected chi connectivity index (χ1v) is 7.71. The van der Waals surface area contributed by atoms with Gasteiger partial charge in [0, 0.05) is 5.56 Å². The molecule has 0 spiro atoms. The van der Waals surface area contributed by atoms with Crippen molar-refractivity contribution in [2.24, 2.45) is 10.2 Å². The Bertz CT molecular complexity index is 1160. The van der Waals surface area contributed by atoms with E-state index in [2.05, 4.69) is 20.2 Å². The molecule has 2 aromatic carbocycles. The number of hydrogen-bond donors (Lipinski definition) is 4. The summed E-state index contributed by atoms with van der Waals surface area (Å²) in [5, 5.41) is 26.7. The van der Waals surface area contributed by atoms with Gasteiger partial charge in [0.15, 0.2) is 17.6 Å². The number of nitrogens with two attached hydrogens (primary N) is 1. The molecule has 0 fully saturated rings. The summed E-state index contributed by atoms with van der Waals surface area (Å²) in [4.78, 5) is 19.0. The molecule has 0 aliphatic heterocycles. The number of rotatable bonds is 4. The van der Waals surface area contributed by atoms with Crippen LogP contribution in [0.4, 0.5) is 17.1 Å². The van der Waals surface area contributed by atoms with Gasteiger partial charge in [0.1, 0.15) is 5.69 Å². The number of azo groups is 1. The number of H-pyrrole nitrogens is 1. The van der Waals surface area contributed by atoms with E-state index in [0.717, 1.165) is 0 Å². The summed E-state index contributed by atoms with van der Waals surface area (Å²) in [7, 11) is 0. The Kier molecular flexibility index (Phi) is 3.72. The molecule has 0 unspecified atom stereocenters. The maximum Gasteiger partial charge on any atom is 0.304 e. The fourth-order valence-corrected chi connectivity index (χ4v) is 2.61. The molecule has 0 aliphatic rings. The van der Waals surface area contributed by atoms with Crippen molar-refractivity contribution in [3.05, 3.63) is 64.4 Å². The molecule has 2 bridgehead atoms. The average molecular weight is 350 g/mol. The van der Waals surface area contributed by atoms with E-state index in [0.29, 0.717) is 34.1 Å². The van der Waals surface area contributed by atoms with E-state index in [1.54, 1.807) is 53.1 Å². The van der Waals surface area contributed by atoms with Gasteiger partial charge in [-0.2, -0.15) is 4.98 Å². The summed E-state index contributed by atoms with van der Waals surface area (Å²) in [6.45, 7) is 0. The third-order valence-corrected chi connectivity index (χ3v) is 3.92. The molecule has 9 nitrogen and oxygen atoms in total. The highest BCUT2D eigenvalue weighted by Crippen LogP contribution is 2.28. The Morgan fingerprint density at radius 2 is 1.92 bits per heavy atom. The number of aliphatic hydroxyl groups excluding tert-OH is 1. The van der Waals surface area contributed by atoms with Crippen LogP contribution in [0.2, 0.25) is 0 Å². The number of hydrogen-bond acceptors (Lipinski definition) is 7. The van der Waals surface area contributed by atoms with Crippen LogP contribution in [0.5, 0.6) is 0 Å². The standard InChI is InChI=1S/C17H14N6O3/c18-11-6-1-2-7-12(11)21-22-13-14-19-17(20-15(13)24)23(14)10-5-3-4-9(8-10)16(25)26/h1-8,16,25-26H,18H2,(H,19,20,24). The zero-order valence-corrected chi connectivity index (χ0v) is 13.4. The van der Waals surface area contributed by atoms with Crippen molar-refractivity contribution in [2.45, 2.75) is 6.29 Å². The molecule has 5 rings (SSSR count). The fraction of sp³-hybridized carbons (Fsp3) is 0.0588. The molecule has 9 heteroatoms. The Hall–Kier alpha value is -3.56. The Morgan fingerprint density at radius 3 is 2.69 bits per heavy atom. The SMILES string of the molecule is Nc1ccccc1N=Nc1c(=O)nc2[nH]c1n2-c1cccc(C(O)O)c1. The van der Waals surface area contributed by atoms with E-state index in [1.807, 2.05) is 0 Å². The van der Waals surface area contributed by atoms with Crippen LogP contribution in [0.15, 0.2) is 63.6 Å². The molecule has 26 heavy (non-hydrogen) atoms. The number of para-hydroxylation sites is 1. The highest BCUT2D eigenvalue weighted by Gasteiger charge is 2.19. The number of nitrogens with one attached hydrogen (secondary N) is 1. The van der Waals surface area contributed by atoms with Crippen LogP contribution in [-0.4, -0.2) is 24.7 Å². The molecule has 0 radical (unpaired) electrons. The van der Waals surface area contributed by atoms with Crippen molar-refractivity contribution >= 4 is 28.5 Å². The molecule has 0 aliphatic carbocycles. The first-order valence-electron chi connectivity index (χ1n) is 7.71. The zero-order chi connectivity index (χ0) is 18.3. The molecule has 0 amide bonds. The molecular weight excluding hydrogens is 336 g/mol. The zero-order valence-electron chi connectivity index (χ0n) is 13.4. The molecular formula is C17H14N6O3. The monoisotopic (exact) mass is 350 g/mol. The van der Waals surface area contributed by atoms with E-state index in [-0.39, 0.29) is 5.69 Å². The van der Waals surface area contributed by atoms with Gasteiger partial charge in [0.25, 0.3) is 0 Å². The molecule has 3 heterocycles. The van der Waals surface area contributed by atoms with Crippen molar-refractivity contribution in [1.82, 2.24) is 14.5 Å². The van der Waals surface area contributed by atoms with Gasteiger partial charge in [-0.05, 0) is 24.3 Å². The normalized spacial score (nSPS) is 12.0. The van der Waals surface area contributed by atoms with Crippen molar-refractivity contribution in [3.63, 3.8) is 0 Å². The van der Waals surface area contributed by atoms with E-state index in [9.17, 15) is 15.0 Å². The van der Waals surface area contributed by atoms with E-state index in [4.69, 9.17) is 5.73 Å². The smallest absolute Gasteiger partial charge is 0.304 e. The largest absolute Gasteiger partial charge is 0.397 e. The van der Waals surface area contributed by atoms with Gasteiger partial charge in [-0.15, -0.1) is 10.2 Å². The van der Waals surface area contributed by atoms with Gasteiger partial charge in [0.2, 0.25) is 5.78 Å². The summed E-state index contributed by atoms with van der Waals surface area (Å²) in [5.41, 5.74) is 7.59. The molecule has 3 aromatic heterocycles. The van der Waals surface area contributed by atoms with Crippen LogP contribution >= 0.6 is 0 Å². The number of aromatic nitrogens is 3. The first kappa shape index (κ1) is 15.9. The number of aliphatic hydroxyl groups is 2. The number of fused-ring (bicyclic) bond motifs is 2. The van der Waals surface area contributed by atoms with Crippen molar-refractivity contribution in [2.75, 3.05) is 5.73 Å². The summed E-state index contributed by atoms with van der Waals surface area (Å²) < 4.78 is 1.65. The lowest BCUT2D eigenvalue weighted by molar-refractivity contribution is -0.0424. The van der Waals surface area contributed by atoms with Gasteiger partial charge in [-0.3, -0.25) is 9.36 Å². The van der Waals surface area contributed by atoms with E-state index >= 15 is 0 Å². The highest BCUT2D eigenvalue weighted by molar-refractivity contribution is 5.75. The maximum absolute atomic E-state index is 12.1. The predicted molar refractivity (Wildman–Crippen MR) is 95.1 cm³/mol. The van der Waals surface area contributed by atoms with Crippen molar-refractivity contribution in [3.8, 4) is 5.69 Å². The third-order valence-electron chi connectivity index (χ3n) is 3.92. The summed E-state index contributed by atoms with van der Waals surface area (Å²) in [6, 6.07) is 13.5. The lowest BCUT2D eigenvalue weighted by atomic mass is 10.2. The Balaban J connectivity index is 1.79. The second-order valence-electron chi connectivity index (χ2n) is 5.63. The number of aromatic amines is 1. The molecule has 0 atom stereocenters. The van der Waals surface area contributed by atoms with Crippen LogP contribution in [-0.2, 0) is 0 Å². The lowest BCUT2D eigenvalue weighted by Crippen LogP contribution is -2.20. The number of benzene rings is 2. The average Bonchev–Trinajstić information content (AvgIpc) is 2.61. The van der Waals surface area contributed by atoms with Gasteiger partial charge >= 0.3 is 5.56 Å². The minimum absolute atomic E-state index is 0.0400. The minimum atomic E-state index is -1.60. The van der Waals surface area contributed by atoms with Crippen LogP contribution < -0.4 is 11.3 Å². The first-order chi connectivity index (χ1) is 12.5. The second kappa shape index (κ2) is 6.06. The third kappa shape index (κ3) is 2.61. The number of anilines is 1. The van der Waals surface area contributed by atoms with Gasteiger partial charge in [0.05, 0.1) is 11.4 Å². The molecule has 5 N–H and O–H groups in total. The molecule has 0 saturated carbocycles. The fourth-order valence-electron chi connectivity index (χ4n) is 2.61. The Labute approximate surface area is 146 Å². The Morgan fingerprint density at radius 1 is 1.12 bits per heavy atom. The summed E-state index contributed by atoms with van der Waals surface area (Å²) in [6.07, 6.45) is -1.60. The van der Waals surface area contributed by atoms with Gasteiger partial charge < -0.3 is 20.9 Å². The van der Waals surface area contributed by atoms with E-state index < -0.39 is 11.8 Å². The van der Waals surface area contributed by atoms with Crippen molar-refractivity contribution in [1.29, 1.82) is 0 Å². The van der Waals surface area contributed by atoms with Crippen molar-refractivity contribution < 1.29 is 10.2 Å². The molecule has 130 valence electrons. The van der Waals surface area contributed by atoms with Crippen LogP contribution in [0, 0.1) is 0 Å². The molecule has 5 aromatic rings. The van der Waals surface area contributed by atoms with Gasteiger partial charge in [-0.25, -0.2) is 0 Å². The second-order valence-corrected chi connectivity index (χ2v) is 5.63. The quantitative estimate of drug-likeness (QED) is 0.253. The highest BCUT2D eigenvalue weighted by atomic mass is 16.5. The number of nitrogens with zero attached hydrogens (tertiary/aromatic N) is 4. The number of nitrogen functional groups attached to an aromatic ring is 1. The maximum atomic E-state index is 12.1. The van der Waals surface area contributed by atoms with Crippen LogP contribution in [0.3, 0.4) is 0 Å². The predicted octanol–water partition coefficient (Wildman–Crippen LogP) is 2.13. The lowest BCUT2D eigenvalue weighted by Gasteiger charge is -2.18. The molecule has 0 saturated heterocycles. The summed E-state index contributed by atoms with van der Waals surface area (Å²) in [5.74, 6) is 0.341. The topological polar surface area (TPSA) is 142 Å².